The number of nitrogens with zero attached hydrogens (tertiary/aromatic N) is 2. The van der Waals surface area contributed by atoms with Gasteiger partial charge in [0, 0.05) is 30.8 Å². The Morgan fingerprint density at radius 1 is 1.18 bits per heavy atom. The predicted molar refractivity (Wildman–Crippen MR) is 170 cm³/mol. The molecule has 1 saturated heterocycles. The molecule has 2 heterocycles. The van der Waals surface area contributed by atoms with Crippen LogP contribution < -0.4 is 16.8 Å². The molecular formula is C34H45N5O5. The van der Waals surface area contributed by atoms with Gasteiger partial charge in [-0.1, -0.05) is 69.9 Å². The van der Waals surface area contributed by atoms with Crippen LogP contribution in [0.5, 0.6) is 0 Å². The second-order valence-corrected chi connectivity index (χ2v) is 12.2. The normalized spacial score (nSPS) is 22.0. The Bertz CT molecular complexity index is 1470. The van der Waals surface area contributed by atoms with E-state index in [-0.39, 0.29) is 42.3 Å². The number of epoxide rings is 1. The van der Waals surface area contributed by atoms with Gasteiger partial charge in [-0.05, 0) is 55.4 Å². The zero-order valence-electron chi connectivity index (χ0n) is 26.4. The lowest BCUT2D eigenvalue weighted by molar-refractivity contribution is -0.148. The minimum atomic E-state index is -2.00. The number of ketones is 2. The lowest BCUT2D eigenvalue weighted by atomic mass is 9.70. The summed E-state index contributed by atoms with van der Waals surface area (Å²) in [5.74, 6) is -0.789. The first-order valence-corrected chi connectivity index (χ1v) is 15.5. The number of anilines is 1. The Labute approximate surface area is 259 Å². The third kappa shape index (κ3) is 6.40. The van der Waals surface area contributed by atoms with Crippen LogP contribution in [0.15, 0.2) is 53.2 Å². The number of nitrogens with two attached hydrogens (primary N) is 2. The Morgan fingerprint density at radius 3 is 2.64 bits per heavy atom. The molecule has 0 unspecified atom stereocenters. The molecule has 0 bridgehead atoms. The Hall–Kier alpha value is -4.05. The third-order valence-corrected chi connectivity index (χ3v) is 8.34. The number of rotatable bonds is 14. The van der Waals surface area contributed by atoms with Crippen LogP contribution >= 0.6 is 0 Å². The first-order valence-electron chi connectivity index (χ1n) is 15.5. The van der Waals surface area contributed by atoms with E-state index in [9.17, 15) is 14.4 Å². The molecule has 1 aliphatic carbocycles. The van der Waals surface area contributed by atoms with Gasteiger partial charge in [0.25, 0.3) is 5.60 Å². The number of hydrogen-bond acceptors (Lipinski definition) is 8. The van der Waals surface area contributed by atoms with Gasteiger partial charge in [0.05, 0.1) is 12.6 Å². The number of aliphatic imine (C=N–C) groups is 1. The van der Waals surface area contributed by atoms with Crippen molar-refractivity contribution >= 4 is 29.3 Å². The monoisotopic (exact) mass is 603 g/mol. The molecule has 0 saturated carbocycles. The van der Waals surface area contributed by atoms with E-state index in [1.54, 1.807) is 31.4 Å². The average Bonchev–Trinajstić information content (AvgIpc) is 3.70. The number of carbonyl (C=O) groups excluding carboxylic acids is 3. The van der Waals surface area contributed by atoms with E-state index < -0.39 is 23.0 Å². The molecular weight excluding hydrogens is 558 g/mol. The Kier molecular flexibility index (Phi) is 10.2. The summed E-state index contributed by atoms with van der Waals surface area (Å²) in [6.45, 7) is 8.27. The van der Waals surface area contributed by atoms with E-state index in [1.165, 1.54) is 0 Å². The quantitative estimate of drug-likeness (QED) is 0.0520. The molecule has 236 valence electrons. The van der Waals surface area contributed by atoms with Gasteiger partial charge in [-0.2, -0.15) is 0 Å². The molecule has 1 fully saturated rings. The van der Waals surface area contributed by atoms with E-state index in [0.29, 0.717) is 30.6 Å². The maximum absolute atomic E-state index is 14.3. The van der Waals surface area contributed by atoms with Crippen molar-refractivity contribution in [3.8, 4) is 0 Å². The van der Waals surface area contributed by atoms with Gasteiger partial charge >= 0.3 is 5.97 Å². The number of hydrogen-bond donors (Lipinski definition) is 3. The minimum absolute atomic E-state index is 0.0325. The first-order chi connectivity index (χ1) is 21.0. The molecule has 10 heteroatoms. The molecule has 0 spiro atoms. The summed E-state index contributed by atoms with van der Waals surface area (Å²) < 4.78 is 11.7. The number of benzene rings is 1. The SMILES string of the molecule is CCCCCCOC(=O)[C@]12O[C@@]1(C/C=C(\C)C[C@@H](NC(N)=NC)c1ccnc(N)c1)C(=O)c1cccc(CC(C)C)c1C2=O. The Morgan fingerprint density at radius 2 is 1.95 bits per heavy atom. The van der Waals surface area contributed by atoms with Gasteiger partial charge in [-0.3, -0.25) is 14.6 Å². The van der Waals surface area contributed by atoms with Crippen molar-refractivity contribution < 1.29 is 23.9 Å². The lowest BCUT2D eigenvalue weighted by Crippen LogP contribution is -2.51. The molecule has 1 aromatic carbocycles. The highest BCUT2D eigenvalue weighted by molar-refractivity contribution is 6.33. The molecule has 4 rings (SSSR count). The number of aromatic nitrogens is 1. The number of esters is 1. The fourth-order valence-electron chi connectivity index (χ4n) is 6.01. The second kappa shape index (κ2) is 13.7. The van der Waals surface area contributed by atoms with Crippen LogP contribution in [-0.2, 0) is 20.7 Å². The molecule has 0 radical (unpaired) electrons. The largest absolute Gasteiger partial charge is 0.463 e. The highest BCUT2D eigenvalue weighted by atomic mass is 16.7. The zero-order chi connectivity index (χ0) is 32.1. The summed E-state index contributed by atoms with van der Waals surface area (Å²) in [6, 6.07) is 8.58. The molecule has 1 aromatic heterocycles. The first kappa shape index (κ1) is 32.9. The number of ether oxygens (including phenoxy) is 2. The number of unbranched alkanes of at least 4 members (excludes halogenated alkanes) is 3. The Balaban J connectivity index is 1.67. The summed E-state index contributed by atoms with van der Waals surface area (Å²) in [5, 5.41) is 3.19. The summed E-state index contributed by atoms with van der Waals surface area (Å²) in [4.78, 5) is 50.2. The summed E-state index contributed by atoms with van der Waals surface area (Å²) in [7, 11) is 1.59. The molecule has 2 aromatic rings. The number of carbonyl (C=O) groups is 3. The number of Topliss-reactive ketones (excluding diaryl/α,β-unsaturated/α-hetero) is 2. The van der Waals surface area contributed by atoms with E-state index in [4.69, 9.17) is 20.9 Å². The van der Waals surface area contributed by atoms with Gasteiger partial charge in [-0.25, -0.2) is 9.78 Å². The van der Waals surface area contributed by atoms with Crippen molar-refractivity contribution in [1.82, 2.24) is 10.3 Å². The van der Waals surface area contributed by atoms with Gasteiger partial charge in [0.15, 0.2) is 17.3 Å². The number of fused-ring (bicyclic) bond motifs is 2. The summed E-state index contributed by atoms with van der Waals surface area (Å²) >= 11 is 0. The standard InChI is InChI=1S/C34H45N5O5/c1-6-7-8-9-17-43-31(42)34-30(41)28-24(18-21(2)3)11-10-12-25(28)29(40)33(34,44-34)15-13-22(4)19-26(39-32(36)37-5)23-14-16-38-27(35)20-23/h10-14,16,20-21,26H,6-9,15,17-19H2,1-5H3,(H2,35,38)(H3,36,37,39)/b22-13+/t26-,33+,34+/m1/s1. The highest BCUT2D eigenvalue weighted by Gasteiger charge is 2.85. The molecule has 5 N–H and O–H groups in total. The van der Waals surface area contributed by atoms with E-state index in [2.05, 4.69) is 22.2 Å². The maximum atomic E-state index is 14.3. The number of nitrogens with one attached hydrogen (secondary N) is 1. The van der Waals surface area contributed by atoms with Gasteiger partial charge in [0.1, 0.15) is 5.82 Å². The van der Waals surface area contributed by atoms with Crippen molar-refractivity contribution in [2.24, 2.45) is 16.6 Å². The number of nitrogen functional groups attached to an aromatic ring is 1. The van der Waals surface area contributed by atoms with Crippen LogP contribution in [0.3, 0.4) is 0 Å². The van der Waals surface area contributed by atoms with Crippen molar-refractivity contribution in [3.05, 3.63) is 70.4 Å². The van der Waals surface area contributed by atoms with Crippen molar-refractivity contribution in [2.45, 2.75) is 89.9 Å². The highest BCUT2D eigenvalue weighted by Crippen LogP contribution is 2.59. The van der Waals surface area contributed by atoms with Gasteiger partial charge in [-0.15, -0.1) is 0 Å². The summed E-state index contributed by atoms with van der Waals surface area (Å²) in [5.41, 5.74) is 11.3. The fraction of sp³-hybridized carbons (Fsp3) is 0.500. The smallest absolute Gasteiger partial charge is 0.350 e. The van der Waals surface area contributed by atoms with Crippen molar-refractivity contribution in [2.75, 3.05) is 19.4 Å². The van der Waals surface area contributed by atoms with Gasteiger partial charge in [0.2, 0.25) is 5.78 Å². The third-order valence-electron chi connectivity index (χ3n) is 8.34. The lowest BCUT2D eigenvalue weighted by Gasteiger charge is -2.26. The number of guanidine groups is 1. The van der Waals surface area contributed by atoms with E-state index in [0.717, 1.165) is 36.0 Å². The van der Waals surface area contributed by atoms with Crippen molar-refractivity contribution in [3.63, 3.8) is 0 Å². The van der Waals surface area contributed by atoms with Crippen LogP contribution in [-0.4, -0.2) is 53.3 Å². The van der Waals surface area contributed by atoms with Crippen LogP contribution in [0.4, 0.5) is 5.82 Å². The molecule has 2 aliphatic rings. The molecule has 10 nitrogen and oxygen atoms in total. The summed E-state index contributed by atoms with van der Waals surface area (Å²) in [6.07, 6.45) is 8.22. The molecule has 0 amide bonds. The average molecular weight is 604 g/mol. The number of pyridine rings is 1. The fourth-order valence-corrected chi connectivity index (χ4v) is 6.01. The van der Waals surface area contributed by atoms with Crippen LogP contribution in [0.1, 0.15) is 104 Å². The minimum Gasteiger partial charge on any atom is -0.463 e. The van der Waals surface area contributed by atoms with Crippen LogP contribution in [0, 0.1) is 5.92 Å². The second-order valence-electron chi connectivity index (χ2n) is 12.2. The van der Waals surface area contributed by atoms with Crippen molar-refractivity contribution in [1.29, 1.82) is 0 Å². The van der Waals surface area contributed by atoms with E-state index in [1.807, 2.05) is 39.0 Å². The van der Waals surface area contributed by atoms with Gasteiger partial charge < -0.3 is 26.3 Å². The topological polar surface area (TPSA) is 162 Å². The predicted octanol–water partition coefficient (Wildman–Crippen LogP) is 4.87. The zero-order valence-corrected chi connectivity index (χ0v) is 26.4. The van der Waals surface area contributed by atoms with Crippen LogP contribution in [0.2, 0.25) is 0 Å². The molecule has 1 aliphatic heterocycles. The maximum Gasteiger partial charge on any atom is 0.350 e. The molecule has 44 heavy (non-hydrogen) atoms. The molecule has 3 atom stereocenters. The van der Waals surface area contributed by atoms with Crippen LogP contribution in [0.25, 0.3) is 0 Å². The van der Waals surface area contributed by atoms with E-state index >= 15 is 0 Å².